The van der Waals surface area contributed by atoms with Crippen molar-refractivity contribution in [2.75, 3.05) is 6.54 Å². The first-order chi connectivity index (χ1) is 9.22. The molecule has 102 valence electrons. The van der Waals surface area contributed by atoms with Crippen LogP contribution in [0.25, 0.3) is 0 Å². The molecule has 0 bridgehead atoms. The van der Waals surface area contributed by atoms with Crippen molar-refractivity contribution in [2.24, 2.45) is 5.73 Å². The van der Waals surface area contributed by atoms with Gasteiger partial charge >= 0.3 is 0 Å². The van der Waals surface area contributed by atoms with Gasteiger partial charge in [-0.15, -0.1) is 11.3 Å². The van der Waals surface area contributed by atoms with E-state index < -0.39 is 0 Å². The van der Waals surface area contributed by atoms with Crippen LogP contribution in [0.4, 0.5) is 4.39 Å². The molecule has 0 saturated carbocycles. The molecule has 0 saturated heterocycles. The van der Waals surface area contributed by atoms with Crippen molar-refractivity contribution >= 4 is 11.3 Å². The Morgan fingerprint density at radius 3 is 2.68 bits per heavy atom. The molecular weight excluding hydrogens is 259 g/mol. The maximum atomic E-state index is 13.9. The molecule has 0 spiro atoms. The van der Waals surface area contributed by atoms with Crippen molar-refractivity contribution in [2.45, 2.75) is 26.6 Å². The summed E-state index contributed by atoms with van der Waals surface area (Å²) in [5.41, 5.74) is 7.08. The maximum absolute atomic E-state index is 13.9. The van der Waals surface area contributed by atoms with Gasteiger partial charge in [-0.2, -0.15) is 0 Å². The third kappa shape index (κ3) is 3.86. The van der Waals surface area contributed by atoms with Crippen LogP contribution in [0.15, 0.2) is 35.7 Å². The fraction of sp³-hybridized carbons (Fsp3) is 0.333. The minimum Gasteiger partial charge on any atom is -0.326 e. The van der Waals surface area contributed by atoms with E-state index in [1.165, 1.54) is 10.9 Å². The van der Waals surface area contributed by atoms with Crippen LogP contribution < -0.4 is 5.73 Å². The monoisotopic (exact) mass is 278 g/mol. The molecule has 0 aliphatic rings. The molecule has 0 amide bonds. The highest BCUT2D eigenvalue weighted by Gasteiger charge is 2.09. The Morgan fingerprint density at radius 1 is 1.26 bits per heavy atom. The van der Waals surface area contributed by atoms with E-state index >= 15 is 0 Å². The van der Waals surface area contributed by atoms with Gasteiger partial charge in [-0.05, 0) is 29.6 Å². The van der Waals surface area contributed by atoms with Crippen LogP contribution in [0.1, 0.15) is 22.9 Å². The zero-order valence-corrected chi connectivity index (χ0v) is 11.9. The number of halogens is 1. The third-order valence-corrected chi connectivity index (χ3v) is 4.02. The Hall–Kier alpha value is -1.23. The van der Waals surface area contributed by atoms with Crippen molar-refractivity contribution in [3.63, 3.8) is 0 Å². The average molecular weight is 278 g/mol. The lowest BCUT2D eigenvalue weighted by Gasteiger charge is -2.20. The lowest BCUT2D eigenvalue weighted by molar-refractivity contribution is 0.269. The second-order valence-corrected chi connectivity index (χ2v) is 5.54. The summed E-state index contributed by atoms with van der Waals surface area (Å²) in [6.07, 6.45) is 0. The van der Waals surface area contributed by atoms with Crippen LogP contribution in [0, 0.1) is 5.82 Å². The lowest BCUT2D eigenvalue weighted by Crippen LogP contribution is -2.22. The predicted octanol–water partition coefficient (Wildman–Crippen LogP) is 3.37. The summed E-state index contributed by atoms with van der Waals surface area (Å²) in [4.78, 5) is 3.53. The highest BCUT2D eigenvalue weighted by Crippen LogP contribution is 2.16. The zero-order valence-electron chi connectivity index (χ0n) is 11.1. The smallest absolute Gasteiger partial charge is 0.128 e. The largest absolute Gasteiger partial charge is 0.326 e. The first-order valence-corrected chi connectivity index (χ1v) is 7.33. The number of hydrogen-bond acceptors (Lipinski definition) is 3. The van der Waals surface area contributed by atoms with E-state index in [0.29, 0.717) is 13.1 Å². The van der Waals surface area contributed by atoms with Gasteiger partial charge in [0.2, 0.25) is 0 Å². The topological polar surface area (TPSA) is 29.3 Å². The standard InChI is InChI=1S/C15H19FN2S/c1-2-18(11-14-4-3-7-19-14)10-13-6-5-12(9-17)8-15(13)16/h3-8H,2,9-11,17H2,1H3. The maximum Gasteiger partial charge on any atom is 0.128 e. The molecule has 1 aromatic carbocycles. The molecule has 1 aromatic heterocycles. The van der Waals surface area contributed by atoms with E-state index in [0.717, 1.165) is 24.2 Å². The Labute approximate surface area is 117 Å². The van der Waals surface area contributed by atoms with E-state index in [1.54, 1.807) is 11.3 Å². The molecule has 0 atom stereocenters. The Kier molecular flexibility index (Phi) is 5.07. The molecule has 0 aliphatic heterocycles. The number of nitrogens with zero attached hydrogens (tertiary/aromatic N) is 1. The molecule has 0 radical (unpaired) electrons. The predicted molar refractivity (Wildman–Crippen MR) is 78.4 cm³/mol. The number of benzene rings is 1. The van der Waals surface area contributed by atoms with Crippen LogP contribution in [0.5, 0.6) is 0 Å². The van der Waals surface area contributed by atoms with Gasteiger partial charge < -0.3 is 5.73 Å². The van der Waals surface area contributed by atoms with E-state index in [1.807, 2.05) is 18.2 Å². The van der Waals surface area contributed by atoms with Crippen LogP contribution in [0.2, 0.25) is 0 Å². The lowest BCUT2D eigenvalue weighted by atomic mass is 10.1. The van der Waals surface area contributed by atoms with Crippen LogP contribution in [-0.4, -0.2) is 11.4 Å². The van der Waals surface area contributed by atoms with Gasteiger partial charge in [-0.3, -0.25) is 4.90 Å². The number of rotatable bonds is 6. The summed E-state index contributed by atoms with van der Waals surface area (Å²) >= 11 is 1.74. The number of hydrogen-bond donors (Lipinski definition) is 1. The van der Waals surface area contributed by atoms with Crippen molar-refractivity contribution in [1.29, 1.82) is 0 Å². The highest BCUT2D eigenvalue weighted by atomic mass is 32.1. The minimum atomic E-state index is -0.160. The van der Waals surface area contributed by atoms with Crippen molar-refractivity contribution < 1.29 is 4.39 Å². The van der Waals surface area contributed by atoms with E-state index in [9.17, 15) is 4.39 Å². The summed E-state index contributed by atoms with van der Waals surface area (Å²) in [5, 5.41) is 2.07. The summed E-state index contributed by atoms with van der Waals surface area (Å²) in [7, 11) is 0. The van der Waals surface area contributed by atoms with Gasteiger partial charge in [-0.1, -0.05) is 25.1 Å². The third-order valence-electron chi connectivity index (χ3n) is 3.15. The second-order valence-electron chi connectivity index (χ2n) is 4.51. The normalized spacial score (nSPS) is 11.2. The van der Waals surface area contributed by atoms with Crippen molar-refractivity contribution in [3.8, 4) is 0 Å². The van der Waals surface area contributed by atoms with Crippen LogP contribution in [0.3, 0.4) is 0 Å². The second kappa shape index (κ2) is 6.80. The first-order valence-electron chi connectivity index (χ1n) is 6.45. The van der Waals surface area contributed by atoms with Gasteiger partial charge in [-0.25, -0.2) is 4.39 Å². The fourth-order valence-corrected chi connectivity index (χ4v) is 2.74. The molecule has 0 fully saturated rings. The van der Waals surface area contributed by atoms with Crippen LogP contribution in [-0.2, 0) is 19.6 Å². The minimum absolute atomic E-state index is 0.160. The van der Waals surface area contributed by atoms with E-state index in [4.69, 9.17) is 5.73 Å². The summed E-state index contributed by atoms with van der Waals surface area (Å²) in [5.74, 6) is -0.160. The van der Waals surface area contributed by atoms with E-state index in [2.05, 4.69) is 23.3 Å². The van der Waals surface area contributed by atoms with Gasteiger partial charge in [0, 0.05) is 30.1 Å². The highest BCUT2D eigenvalue weighted by molar-refractivity contribution is 7.09. The van der Waals surface area contributed by atoms with Crippen molar-refractivity contribution in [1.82, 2.24) is 4.90 Å². The summed E-state index contributed by atoms with van der Waals surface area (Å²) in [6, 6.07) is 9.44. The van der Waals surface area contributed by atoms with Crippen molar-refractivity contribution in [3.05, 3.63) is 57.5 Å². The molecule has 2 nitrogen and oxygen atoms in total. The number of nitrogens with two attached hydrogens (primary N) is 1. The van der Waals surface area contributed by atoms with Gasteiger partial charge in [0.1, 0.15) is 5.82 Å². The molecule has 1 heterocycles. The SMILES string of the molecule is CCN(Cc1cccs1)Cc1ccc(CN)cc1F. The molecule has 19 heavy (non-hydrogen) atoms. The molecule has 0 aliphatic carbocycles. The zero-order chi connectivity index (χ0) is 13.7. The Bertz CT molecular complexity index is 511. The molecule has 2 N–H and O–H groups in total. The Morgan fingerprint density at radius 2 is 2.11 bits per heavy atom. The quantitative estimate of drug-likeness (QED) is 0.878. The molecule has 0 unspecified atom stereocenters. The Balaban J connectivity index is 2.05. The average Bonchev–Trinajstić information content (AvgIpc) is 2.92. The molecule has 2 aromatic rings. The fourth-order valence-electron chi connectivity index (χ4n) is 1.99. The number of thiophene rings is 1. The van der Waals surface area contributed by atoms with Gasteiger partial charge in [0.25, 0.3) is 0 Å². The van der Waals surface area contributed by atoms with Gasteiger partial charge in [0.05, 0.1) is 0 Å². The van der Waals surface area contributed by atoms with Crippen LogP contribution >= 0.6 is 11.3 Å². The van der Waals surface area contributed by atoms with E-state index in [-0.39, 0.29) is 5.82 Å². The van der Waals surface area contributed by atoms with Gasteiger partial charge in [0.15, 0.2) is 0 Å². The summed E-state index contributed by atoms with van der Waals surface area (Å²) < 4.78 is 13.9. The summed E-state index contributed by atoms with van der Waals surface area (Å²) in [6.45, 7) is 4.87. The molecule has 4 heteroatoms. The molecule has 2 rings (SSSR count). The first kappa shape index (κ1) is 14.2. The molecular formula is C15H19FN2S.